The van der Waals surface area contributed by atoms with Crippen molar-refractivity contribution in [2.75, 3.05) is 0 Å². The van der Waals surface area contributed by atoms with Gasteiger partial charge in [-0.3, -0.25) is 0 Å². The van der Waals surface area contributed by atoms with Crippen LogP contribution >= 0.6 is 23.2 Å². The molecule has 1 nitrogen and oxygen atoms in total. The summed E-state index contributed by atoms with van der Waals surface area (Å²) in [5, 5.41) is 1.14. The summed E-state index contributed by atoms with van der Waals surface area (Å²) in [6.07, 6.45) is 0. The van der Waals surface area contributed by atoms with Gasteiger partial charge >= 0.3 is 0 Å². The van der Waals surface area contributed by atoms with E-state index in [2.05, 4.69) is 19.1 Å². The van der Waals surface area contributed by atoms with E-state index in [0.29, 0.717) is 16.6 Å². The molecule has 0 fully saturated rings. The van der Waals surface area contributed by atoms with Crippen molar-refractivity contribution in [2.24, 2.45) is 5.73 Å². The third-order valence-electron chi connectivity index (χ3n) is 2.77. The van der Waals surface area contributed by atoms with Crippen LogP contribution in [0.3, 0.4) is 0 Å². The molecular weight excluding hydrogens is 253 g/mol. The monoisotopic (exact) mass is 265 g/mol. The van der Waals surface area contributed by atoms with Crippen LogP contribution in [-0.2, 0) is 6.54 Å². The minimum absolute atomic E-state index is 0.536. The normalized spacial score (nSPS) is 10.6. The molecule has 88 valence electrons. The van der Waals surface area contributed by atoms with E-state index < -0.39 is 0 Å². The van der Waals surface area contributed by atoms with Gasteiger partial charge in [-0.25, -0.2) is 0 Å². The van der Waals surface area contributed by atoms with E-state index in [0.717, 1.165) is 16.7 Å². The van der Waals surface area contributed by atoms with Gasteiger partial charge < -0.3 is 5.73 Å². The SMILES string of the molecule is Cc1ccc(CN)cc1-c1ccc(Cl)c(Cl)c1. The molecule has 0 spiro atoms. The van der Waals surface area contributed by atoms with Crippen LogP contribution in [0.4, 0.5) is 0 Å². The zero-order valence-electron chi connectivity index (χ0n) is 9.50. The minimum Gasteiger partial charge on any atom is -0.326 e. The van der Waals surface area contributed by atoms with Crippen molar-refractivity contribution in [1.82, 2.24) is 0 Å². The average molecular weight is 266 g/mol. The second-order valence-corrected chi connectivity index (χ2v) is 4.80. The maximum absolute atomic E-state index is 6.03. The maximum atomic E-state index is 6.03. The van der Waals surface area contributed by atoms with Crippen molar-refractivity contribution in [2.45, 2.75) is 13.5 Å². The van der Waals surface area contributed by atoms with Crippen molar-refractivity contribution in [1.29, 1.82) is 0 Å². The summed E-state index contributed by atoms with van der Waals surface area (Å²) in [6.45, 7) is 2.60. The highest BCUT2D eigenvalue weighted by Crippen LogP contribution is 2.30. The third kappa shape index (κ3) is 2.63. The van der Waals surface area contributed by atoms with Crippen molar-refractivity contribution in [3.63, 3.8) is 0 Å². The topological polar surface area (TPSA) is 26.0 Å². The van der Waals surface area contributed by atoms with Gasteiger partial charge in [0.25, 0.3) is 0 Å². The molecule has 0 radical (unpaired) electrons. The number of halogens is 2. The smallest absolute Gasteiger partial charge is 0.0598 e. The van der Waals surface area contributed by atoms with Gasteiger partial charge in [0, 0.05) is 6.54 Å². The molecule has 0 saturated carbocycles. The molecule has 3 heteroatoms. The minimum atomic E-state index is 0.536. The molecule has 0 aromatic heterocycles. The van der Waals surface area contributed by atoms with Crippen LogP contribution in [0.25, 0.3) is 11.1 Å². The van der Waals surface area contributed by atoms with Gasteiger partial charge in [0.1, 0.15) is 0 Å². The lowest BCUT2D eigenvalue weighted by atomic mass is 9.98. The Hall–Kier alpha value is -1.02. The van der Waals surface area contributed by atoms with E-state index in [1.54, 1.807) is 0 Å². The van der Waals surface area contributed by atoms with Gasteiger partial charge in [-0.05, 0) is 47.4 Å². The van der Waals surface area contributed by atoms with Crippen LogP contribution < -0.4 is 5.73 Å². The number of hydrogen-bond acceptors (Lipinski definition) is 1. The predicted molar refractivity (Wildman–Crippen MR) is 74.5 cm³/mol. The highest BCUT2D eigenvalue weighted by molar-refractivity contribution is 6.42. The Morgan fingerprint density at radius 3 is 2.41 bits per heavy atom. The Morgan fingerprint density at radius 1 is 1.00 bits per heavy atom. The molecule has 0 bridgehead atoms. The van der Waals surface area contributed by atoms with Crippen molar-refractivity contribution in [3.05, 3.63) is 57.6 Å². The second-order valence-electron chi connectivity index (χ2n) is 3.98. The number of aryl methyl sites for hydroxylation is 1. The first kappa shape index (κ1) is 12.4. The summed E-state index contributed by atoms with van der Waals surface area (Å²) in [5.41, 5.74) is 10.2. The fourth-order valence-electron chi connectivity index (χ4n) is 1.77. The van der Waals surface area contributed by atoms with Gasteiger partial charge in [-0.2, -0.15) is 0 Å². The zero-order chi connectivity index (χ0) is 12.4. The molecular formula is C14H13Cl2N. The molecule has 2 aromatic rings. The van der Waals surface area contributed by atoms with Gasteiger partial charge in [0.2, 0.25) is 0 Å². The molecule has 0 aliphatic carbocycles. The van der Waals surface area contributed by atoms with Gasteiger partial charge in [-0.15, -0.1) is 0 Å². The summed E-state index contributed by atoms with van der Waals surface area (Å²) >= 11 is 11.9. The second kappa shape index (κ2) is 5.09. The highest BCUT2D eigenvalue weighted by atomic mass is 35.5. The molecule has 0 atom stereocenters. The summed E-state index contributed by atoms with van der Waals surface area (Å²) in [4.78, 5) is 0. The average Bonchev–Trinajstić information content (AvgIpc) is 2.33. The Kier molecular flexibility index (Phi) is 3.72. The lowest BCUT2D eigenvalue weighted by Crippen LogP contribution is -1.97. The third-order valence-corrected chi connectivity index (χ3v) is 3.51. The van der Waals surface area contributed by atoms with E-state index in [4.69, 9.17) is 28.9 Å². The molecule has 0 aliphatic heterocycles. The molecule has 0 amide bonds. The fourth-order valence-corrected chi connectivity index (χ4v) is 2.07. The van der Waals surface area contributed by atoms with E-state index in [9.17, 15) is 0 Å². The van der Waals surface area contributed by atoms with Crippen LogP contribution in [-0.4, -0.2) is 0 Å². The van der Waals surface area contributed by atoms with Gasteiger partial charge in [0.15, 0.2) is 0 Å². The molecule has 0 saturated heterocycles. The Labute approximate surface area is 111 Å². The van der Waals surface area contributed by atoms with Gasteiger partial charge in [-0.1, -0.05) is 41.4 Å². The number of rotatable bonds is 2. The summed E-state index contributed by atoms with van der Waals surface area (Å²) in [5.74, 6) is 0. The molecule has 0 aliphatic rings. The summed E-state index contributed by atoms with van der Waals surface area (Å²) in [6, 6.07) is 11.9. The standard InChI is InChI=1S/C14H13Cl2N/c1-9-2-3-10(8-17)6-12(9)11-4-5-13(15)14(16)7-11/h2-7H,8,17H2,1H3. The lowest BCUT2D eigenvalue weighted by molar-refractivity contribution is 1.07. The summed E-state index contributed by atoms with van der Waals surface area (Å²) < 4.78 is 0. The largest absolute Gasteiger partial charge is 0.326 e. The Balaban J connectivity index is 2.55. The molecule has 2 aromatic carbocycles. The first-order valence-electron chi connectivity index (χ1n) is 5.37. The quantitative estimate of drug-likeness (QED) is 0.855. The fraction of sp³-hybridized carbons (Fsp3) is 0.143. The molecule has 17 heavy (non-hydrogen) atoms. The Morgan fingerprint density at radius 2 is 1.76 bits per heavy atom. The highest BCUT2D eigenvalue weighted by Gasteiger charge is 2.05. The first-order valence-corrected chi connectivity index (χ1v) is 6.12. The summed E-state index contributed by atoms with van der Waals surface area (Å²) in [7, 11) is 0. The van der Waals surface area contributed by atoms with Crippen LogP contribution in [0, 0.1) is 6.92 Å². The van der Waals surface area contributed by atoms with E-state index >= 15 is 0 Å². The van der Waals surface area contributed by atoms with Crippen molar-refractivity contribution in [3.8, 4) is 11.1 Å². The first-order chi connectivity index (χ1) is 8.11. The van der Waals surface area contributed by atoms with E-state index in [1.807, 2.05) is 24.3 Å². The van der Waals surface area contributed by atoms with E-state index in [-0.39, 0.29) is 0 Å². The predicted octanol–water partition coefficient (Wildman–Crippen LogP) is 4.43. The van der Waals surface area contributed by atoms with Crippen molar-refractivity contribution >= 4 is 23.2 Å². The number of hydrogen-bond donors (Lipinski definition) is 1. The molecule has 2 N–H and O–H groups in total. The number of nitrogens with two attached hydrogens (primary N) is 1. The Bertz CT molecular complexity index is 550. The maximum Gasteiger partial charge on any atom is 0.0598 e. The number of benzene rings is 2. The molecule has 2 rings (SSSR count). The van der Waals surface area contributed by atoms with Crippen molar-refractivity contribution < 1.29 is 0 Å². The molecule has 0 unspecified atom stereocenters. The molecule has 0 heterocycles. The van der Waals surface area contributed by atoms with Crippen LogP contribution in [0.5, 0.6) is 0 Å². The van der Waals surface area contributed by atoms with E-state index in [1.165, 1.54) is 5.56 Å². The lowest BCUT2D eigenvalue weighted by Gasteiger charge is -2.09. The van der Waals surface area contributed by atoms with Gasteiger partial charge in [0.05, 0.1) is 10.0 Å². The van der Waals surface area contributed by atoms with Crippen LogP contribution in [0.1, 0.15) is 11.1 Å². The van der Waals surface area contributed by atoms with Crippen LogP contribution in [0.2, 0.25) is 10.0 Å². The zero-order valence-corrected chi connectivity index (χ0v) is 11.0. The van der Waals surface area contributed by atoms with Crippen LogP contribution in [0.15, 0.2) is 36.4 Å².